The highest BCUT2D eigenvalue weighted by Crippen LogP contribution is 2.24. The predicted molar refractivity (Wildman–Crippen MR) is 72.8 cm³/mol. The fourth-order valence-corrected chi connectivity index (χ4v) is 2.44. The first-order valence-electron chi connectivity index (χ1n) is 6.08. The van der Waals surface area contributed by atoms with Gasteiger partial charge in [0.25, 0.3) is 11.3 Å². The average Bonchev–Trinajstić information content (AvgIpc) is 2.38. The Hall–Kier alpha value is -1.43. The van der Waals surface area contributed by atoms with Gasteiger partial charge in [-0.1, -0.05) is 25.5 Å². The first kappa shape index (κ1) is 14.0. The largest absolute Gasteiger partial charge is 0.291 e. The molecule has 2 aromatic rings. The lowest BCUT2D eigenvalue weighted by molar-refractivity contribution is 0.251. The highest BCUT2D eigenvalue weighted by Gasteiger charge is 2.15. The Morgan fingerprint density at radius 2 is 2.11 bits per heavy atom. The number of rotatable bonds is 5. The van der Waals surface area contributed by atoms with Crippen molar-refractivity contribution in [1.82, 2.24) is 9.55 Å². The Labute approximate surface area is 113 Å². The minimum absolute atomic E-state index is 0.0900. The minimum atomic E-state index is -2.58. The van der Waals surface area contributed by atoms with Crippen molar-refractivity contribution in [3.05, 3.63) is 34.6 Å². The van der Waals surface area contributed by atoms with E-state index < -0.39 is 5.76 Å². The Morgan fingerprint density at radius 3 is 2.79 bits per heavy atom. The van der Waals surface area contributed by atoms with Crippen molar-refractivity contribution < 1.29 is 8.78 Å². The zero-order valence-corrected chi connectivity index (χ0v) is 11.3. The van der Waals surface area contributed by atoms with E-state index in [0.717, 1.165) is 12.8 Å². The van der Waals surface area contributed by atoms with Crippen molar-refractivity contribution in [3.63, 3.8) is 0 Å². The highest BCUT2D eigenvalue weighted by molar-refractivity contribution is 7.99. The molecule has 102 valence electrons. The second kappa shape index (κ2) is 6.14. The van der Waals surface area contributed by atoms with Gasteiger partial charge in [0.05, 0.1) is 10.9 Å². The molecule has 1 aromatic heterocycles. The molecule has 1 heterocycles. The van der Waals surface area contributed by atoms with E-state index in [2.05, 4.69) is 4.98 Å². The summed E-state index contributed by atoms with van der Waals surface area (Å²) in [5, 5.41) is 0.560. The van der Waals surface area contributed by atoms with E-state index in [-0.39, 0.29) is 10.7 Å². The predicted octanol–water partition coefficient (Wildman–Crippen LogP) is 3.51. The standard InChI is InChI=1S/C13H14F2N2OS/c1-2-3-8-17-11(18)9-6-4-5-7-10(9)16-13(17)19-12(14)15/h4-7,12H,2-3,8H2,1H3. The number of thioether (sulfide) groups is 1. The van der Waals surface area contributed by atoms with Gasteiger partial charge in [-0.15, -0.1) is 0 Å². The maximum absolute atomic E-state index is 12.6. The van der Waals surface area contributed by atoms with Crippen LogP contribution in [0.3, 0.4) is 0 Å². The van der Waals surface area contributed by atoms with Gasteiger partial charge < -0.3 is 0 Å². The number of halogens is 2. The summed E-state index contributed by atoms with van der Waals surface area (Å²) in [6, 6.07) is 6.82. The molecule has 3 nitrogen and oxygen atoms in total. The summed E-state index contributed by atoms with van der Waals surface area (Å²) in [5.74, 6) is -2.58. The molecule has 0 atom stereocenters. The first-order chi connectivity index (χ1) is 9.13. The van der Waals surface area contributed by atoms with Gasteiger partial charge in [0.1, 0.15) is 0 Å². The molecule has 0 spiro atoms. The van der Waals surface area contributed by atoms with Gasteiger partial charge in [0, 0.05) is 6.54 Å². The van der Waals surface area contributed by atoms with E-state index in [0.29, 0.717) is 29.2 Å². The number of unbranched alkanes of at least 4 members (excludes halogenated alkanes) is 1. The van der Waals surface area contributed by atoms with Crippen LogP contribution in [0.1, 0.15) is 19.8 Å². The molecular weight excluding hydrogens is 270 g/mol. The summed E-state index contributed by atoms with van der Waals surface area (Å²) in [6.45, 7) is 2.40. The van der Waals surface area contributed by atoms with Crippen LogP contribution in [-0.4, -0.2) is 15.3 Å². The Kier molecular flexibility index (Phi) is 4.52. The van der Waals surface area contributed by atoms with Gasteiger partial charge in [0.15, 0.2) is 5.16 Å². The topological polar surface area (TPSA) is 34.9 Å². The first-order valence-corrected chi connectivity index (χ1v) is 6.96. The maximum Gasteiger partial charge on any atom is 0.291 e. The van der Waals surface area contributed by atoms with Gasteiger partial charge in [0.2, 0.25) is 0 Å². The zero-order chi connectivity index (χ0) is 13.8. The molecule has 0 fully saturated rings. The molecular formula is C13H14F2N2OS. The van der Waals surface area contributed by atoms with Crippen molar-refractivity contribution in [2.45, 2.75) is 37.2 Å². The monoisotopic (exact) mass is 284 g/mol. The molecule has 0 aliphatic carbocycles. The highest BCUT2D eigenvalue weighted by atomic mass is 32.2. The van der Waals surface area contributed by atoms with Crippen molar-refractivity contribution in [1.29, 1.82) is 0 Å². The molecule has 0 aliphatic heterocycles. The third-order valence-electron chi connectivity index (χ3n) is 2.76. The van der Waals surface area contributed by atoms with Crippen LogP contribution in [0.2, 0.25) is 0 Å². The van der Waals surface area contributed by atoms with Crippen LogP contribution in [0.5, 0.6) is 0 Å². The summed E-state index contributed by atoms with van der Waals surface area (Å²) >= 11 is 0.323. The molecule has 1 aromatic carbocycles. The van der Waals surface area contributed by atoms with Crippen LogP contribution >= 0.6 is 11.8 Å². The molecule has 0 saturated carbocycles. The van der Waals surface area contributed by atoms with Gasteiger partial charge in [-0.05, 0) is 30.3 Å². The number of para-hydroxylation sites is 1. The van der Waals surface area contributed by atoms with Crippen molar-refractivity contribution >= 4 is 22.7 Å². The Bertz CT molecular complexity index is 628. The van der Waals surface area contributed by atoms with E-state index >= 15 is 0 Å². The number of hydrogen-bond acceptors (Lipinski definition) is 3. The number of nitrogens with zero attached hydrogens (tertiary/aromatic N) is 2. The van der Waals surface area contributed by atoms with E-state index in [9.17, 15) is 13.6 Å². The normalized spacial score (nSPS) is 11.4. The average molecular weight is 284 g/mol. The van der Waals surface area contributed by atoms with Gasteiger partial charge >= 0.3 is 0 Å². The zero-order valence-electron chi connectivity index (χ0n) is 10.5. The van der Waals surface area contributed by atoms with Crippen LogP contribution in [0.15, 0.2) is 34.2 Å². The molecule has 2 rings (SSSR count). The molecule has 0 radical (unpaired) electrons. The van der Waals surface area contributed by atoms with E-state index in [4.69, 9.17) is 0 Å². The van der Waals surface area contributed by atoms with Crippen molar-refractivity contribution in [2.24, 2.45) is 0 Å². The molecule has 19 heavy (non-hydrogen) atoms. The summed E-state index contributed by atoms with van der Waals surface area (Å²) < 4.78 is 26.5. The quantitative estimate of drug-likeness (QED) is 0.622. The van der Waals surface area contributed by atoms with Crippen LogP contribution in [0.4, 0.5) is 8.78 Å². The third kappa shape index (κ3) is 3.12. The van der Waals surface area contributed by atoms with E-state index in [1.807, 2.05) is 6.92 Å². The van der Waals surface area contributed by atoms with Crippen LogP contribution in [0, 0.1) is 0 Å². The number of aromatic nitrogens is 2. The van der Waals surface area contributed by atoms with Crippen LogP contribution in [0.25, 0.3) is 10.9 Å². The second-order valence-corrected chi connectivity index (χ2v) is 5.06. The molecule has 0 N–H and O–H groups in total. The van der Waals surface area contributed by atoms with E-state index in [1.165, 1.54) is 4.57 Å². The van der Waals surface area contributed by atoms with Crippen molar-refractivity contribution in [3.8, 4) is 0 Å². The van der Waals surface area contributed by atoms with Crippen LogP contribution < -0.4 is 5.56 Å². The van der Waals surface area contributed by atoms with Gasteiger partial charge in [-0.2, -0.15) is 8.78 Å². The molecule has 0 amide bonds. The molecule has 0 unspecified atom stereocenters. The lowest BCUT2D eigenvalue weighted by Gasteiger charge is -2.12. The molecule has 0 bridgehead atoms. The summed E-state index contributed by atoms with van der Waals surface area (Å²) in [7, 11) is 0. The summed E-state index contributed by atoms with van der Waals surface area (Å²) in [6.07, 6.45) is 1.65. The molecule has 6 heteroatoms. The fraction of sp³-hybridized carbons (Fsp3) is 0.385. The van der Waals surface area contributed by atoms with Gasteiger partial charge in [-0.25, -0.2) is 4.98 Å². The Morgan fingerprint density at radius 1 is 1.37 bits per heavy atom. The lowest BCUT2D eigenvalue weighted by Crippen LogP contribution is -2.23. The molecule has 0 saturated heterocycles. The molecule has 0 aliphatic rings. The van der Waals surface area contributed by atoms with E-state index in [1.54, 1.807) is 24.3 Å². The van der Waals surface area contributed by atoms with Crippen molar-refractivity contribution in [2.75, 3.05) is 0 Å². The number of hydrogen-bond donors (Lipinski definition) is 0. The third-order valence-corrected chi connectivity index (χ3v) is 3.46. The second-order valence-electron chi connectivity index (χ2n) is 4.10. The lowest BCUT2D eigenvalue weighted by atomic mass is 10.2. The minimum Gasteiger partial charge on any atom is -0.287 e. The smallest absolute Gasteiger partial charge is 0.287 e. The van der Waals surface area contributed by atoms with Crippen LogP contribution in [-0.2, 0) is 6.54 Å². The number of benzene rings is 1. The Balaban J connectivity index is 2.58. The fourth-order valence-electron chi connectivity index (χ4n) is 1.83. The SMILES string of the molecule is CCCCn1c(SC(F)F)nc2ccccc2c1=O. The number of alkyl halides is 2. The summed E-state index contributed by atoms with van der Waals surface area (Å²) in [5.41, 5.74) is 0.214. The van der Waals surface area contributed by atoms with Gasteiger partial charge in [-0.3, -0.25) is 9.36 Å². The summed E-state index contributed by atoms with van der Waals surface area (Å²) in [4.78, 5) is 16.5. The number of fused-ring (bicyclic) bond motifs is 1. The maximum atomic E-state index is 12.6.